The minimum Gasteiger partial charge on any atom is -0.495 e. The molecule has 1 atom stereocenters. The van der Waals surface area contributed by atoms with Gasteiger partial charge in [0.15, 0.2) is 0 Å². The predicted octanol–water partition coefficient (Wildman–Crippen LogP) is 0.747. The number of hydrogen-bond acceptors (Lipinski definition) is 6. The number of non-ortho nitro benzene ring substituents is 1. The fourth-order valence-corrected chi connectivity index (χ4v) is 3.74. The number of hydrogen-bond donors (Lipinski definition) is 1. The van der Waals surface area contributed by atoms with Crippen LogP contribution in [-0.4, -0.2) is 43.9 Å². The lowest BCUT2D eigenvalue weighted by molar-refractivity contribution is -0.385. The fourth-order valence-electron chi connectivity index (χ4n) is 2.09. The molecule has 2 N–H and O–H groups in total. The summed E-state index contributed by atoms with van der Waals surface area (Å²) < 4.78 is 31.2. The first kappa shape index (κ1) is 17.6. The highest BCUT2D eigenvalue weighted by Gasteiger charge is 2.33. The summed E-state index contributed by atoms with van der Waals surface area (Å²) in [5.41, 5.74) is 5.48. The van der Waals surface area contributed by atoms with E-state index >= 15 is 0 Å². The SMILES string of the molecule is COc1cc([N+](=O)[O-])ccc1S(=O)(=O)N1CCC(N)C1.Cl. The molecule has 0 bridgehead atoms. The second-order valence-electron chi connectivity index (χ2n) is 4.50. The van der Waals surface area contributed by atoms with Gasteiger partial charge in [-0.25, -0.2) is 8.42 Å². The molecule has 1 saturated heterocycles. The molecule has 21 heavy (non-hydrogen) atoms. The molecule has 0 aliphatic carbocycles. The number of halogens is 1. The molecule has 0 amide bonds. The molecule has 1 fully saturated rings. The normalized spacial score (nSPS) is 19.0. The van der Waals surface area contributed by atoms with E-state index in [9.17, 15) is 18.5 Å². The summed E-state index contributed by atoms with van der Waals surface area (Å²) in [4.78, 5) is 10.0. The Morgan fingerprint density at radius 3 is 2.62 bits per heavy atom. The third-order valence-corrected chi connectivity index (χ3v) is 5.07. The fraction of sp³-hybridized carbons (Fsp3) is 0.455. The van der Waals surface area contributed by atoms with Crippen molar-refractivity contribution in [2.24, 2.45) is 5.73 Å². The third-order valence-electron chi connectivity index (χ3n) is 3.16. The molecular weight excluding hydrogens is 322 g/mol. The highest BCUT2D eigenvalue weighted by Crippen LogP contribution is 2.31. The number of nitrogens with zero attached hydrogens (tertiary/aromatic N) is 2. The molecule has 8 nitrogen and oxygen atoms in total. The molecule has 0 spiro atoms. The second-order valence-corrected chi connectivity index (χ2v) is 6.41. The third kappa shape index (κ3) is 3.43. The van der Waals surface area contributed by atoms with E-state index in [-0.39, 0.29) is 41.3 Å². The Bertz CT molecular complexity index is 637. The van der Waals surface area contributed by atoms with Crippen LogP contribution in [0.1, 0.15) is 6.42 Å². The van der Waals surface area contributed by atoms with Crippen molar-refractivity contribution in [2.75, 3.05) is 20.2 Å². The smallest absolute Gasteiger partial charge is 0.273 e. The van der Waals surface area contributed by atoms with Gasteiger partial charge in [0.25, 0.3) is 5.69 Å². The van der Waals surface area contributed by atoms with E-state index in [1.54, 1.807) is 0 Å². The number of benzene rings is 1. The monoisotopic (exact) mass is 337 g/mol. The van der Waals surface area contributed by atoms with Gasteiger partial charge < -0.3 is 10.5 Å². The van der Waals surface area contributed by atoms with Gasteiger partial charge in [0.2, 0.25) is 10.0 Å². The van der Waals surface area contributed by atoms with E-state index in [1.165, 1.54) is 17.5 Å². The molecule has 1 aromatic rings. The van der Waals surface area contributed by atoms with Gasteiger partial charge >= 0.3 is 0 Å². The van der Waals surface area contributed by atoms with Gasteiger partial charge in [0.05, 0.1) is 18.1 Å². The van der Waals surface area contributed by atoms with Crippen molar-refractivity contribution in [3.05, 3.63) is 28.3 Å². The van der Waals surface area contributed by atoms with Crippen LogP contribution in [0.2, 0.25) is 0 Å². The zero-order chi connectivity index (χ0) is 14.9. The molecule has 1 aromatic carbocycles. The molecule has 1 aliphatic rings. The van der Waals surface area contributed by atoms with E-state index < -0.39 is 14.9 Å². The van der Waals surface area contributed by atoms with Crippen LogP contribution in [0.25, 0.3) is 0 Å². The van der Waals surface area contributed by atoms with Gasteiger partial charge in [0, 0.05) is 25.2 Å². The van der Waals surface area contributed by atoms with Crippen LogP contribution >= 0.6 is 12.4 Å². The van der Waals surface area contributed by atoms with Gasteiger partial charge in [-0.05, 0) is 12.5 Å². The Morgan fingerprint density at radius 2 is 2.14 bits per heavy atom. The predicted molar refractivity (Wildman–Crippen MR) is 78.2 cm³/mol. The number of rotatable bonds is 4. The molecule has 1 heterocycles. The standard InChI is InChI=1S/C11H15N3O5S.ClH/c1-19-10-6-9(14(15)16)2-3-11(10)20(17,18)13-5-4-8(12)7-13;/h2-3,6,8H,4-5,7,12H2,1H3;1H. The zero-order valence-corrected chi connectivity index (χ0v) is 12.9. The minimum atomic E-state index is -3.75. The topological polar surface area (TPSA) is 116 Å². The number of nitrogens with two attached hydrogens (primary N) is 1. The van der Waals surface area contributed by atoms with Gasteiger partial charge in [-0.3, -0.25) is 10.1 Å². The molecule has 118 valence electrons. The van der Waals surface area contributed by atoms with E-state index in [0.29, 0.717) is 13.0 Å². The van der Waals surface area contributed by atoms with E-state index in [0.717, 1.165) is 12.1 Å². The first-order chi connectivity index (χ1) is 9.36. The van der Waals surface area contributed by atoms with Crippen LogP contribution in [0, 0.1) is 10.1 Å². The van der Waals surface area contributed by atoms with E-state index in [2.05, 4.69) is 0 Å². The Kier molecular flexibility index (Phi) is 5.51. The first-order valence-electron chi connectivity index (χ1n) is 5.94. The van der Waals surface area contributed by atoms with Crippen LogP contribution in [-0.2, 0) is 10.0 Å². The van der Waals surface area contributed by atoms with Crippen molar-refractivity contribution in [3.8, 4) is 5.75 Å². The van der Waals surface area contributed by atoms with Crippen molar-refractivity contribution in [2.45, 2.75) is 17.4 Å². The minimum absolute atomic E-state index is 0. The van der Waals surface area contributed by atoms with Crippen molar-refractivity contribution < 1.29 is 18.1 Å². The Hall–Kier alpha value is -1.42. The van der Waals surface area contributed by atoms with Crippen LogP contribution in [0.4, 0.5) is 5.69 Å². The molecule has 0 radical (unpaired) electrons. The average molecular weight is 338 g/mol. The van der Waals surface area contributed by atoms with Gasteiger partial charge in [-0.1, -0.05) is 0 Å². The Labute approximate surface area is 128 Å². The van der Waals surface area contributed by atoms with Crippen LogP contribution in [0.3, 0.4) is 0 Å². The lowest BCUT2D eigenvalue weighted by Gasteiger charge is -2.17. The summed E-state index contributed by atoms with van der Waals surface area (Å²) in [5, 5.41) is 10.7. The molecular formula is C11H16ClN3O5S. The number of sulfonamides is 1. The molecule has 1 aliphatic heterocycles. The van der Waals surface area contributed by atoms with Crippen LogP contribution in [0.5, 0.6) is 5.75 Å². The highest BCUT2D eigenvalue weighted by molar-refractivity contribution is 7.89. The highest BCUT2D eigenvalue weighted by atomic mass is 35.5. The van der Waals surface area contributed by atoms with E-state index in [1.807, 2.05) is 0 Å². The molecule has 0 saturated carbocycles. The number of ether oxygens (including phenoxy) is 1. The molecule has 10 heteroatoms. The number of nitro groups is 1. The summed E-state index contributed by atoms with van der Waals surface area (Å²) in [6.45, 7) is 0.576. The van der Waals surface area contributed by atoms with Crippen molar-refractivity contribution >= 4 is 28.1 Å². The first-order valence-corrected chi connectivity index (χ1v) is 7.38. The van der Waals surface area contributed by atoms with Crippen LogP contribution < -0.4 is 10.5 Å². The summed E-state index contributed by atoms with van der Waals surface area (Å²) in [5.74, 6) is -0.0420. The summed E-state index contributed by atoms with van der Waals surface area (Å²) in [7, 11) is -2.48. The lowest BCUT2D eigenvalue weighted by Crippen LogP contribution is -2.32. The summed E-state index contributed by atoms with van der Waals surface area (Å²) in [6, 6.07) is 3.25. The van der Waals surface area contributed by atoms with Gasteiger partial charge in [-0.2, -0.15) is 4.31 Å². The molecule has 1 unspecified atom stereocenters. The Morgan fingerprint density at radius 1 is 1.48 bits per heavy atom. The maximum absolute atomic E-state index is 12.5. The second kappa shape index (κ2) is 6.56. The number of nitro benzene ring substituents is 1. The van der Waals surface area contributed by atoms with Gasteiger partial charge in [0.1, 0.15) is 10.6 Å². The quantitative estimate of drug-likeness (QED) is 0.640. The maximum atomic E-state index is 12.5. The van der Waals surface area contributed by atoms with Crippen molar-refractivity contribution in [3.63, 3.8) is 0 Å². The average Bonchev–Trinajstić information content (AvgIpc) is 2.85. The van der Waals surface area contributed by atoms with E-state index in [4.69, 9.17) is 10.5 Å². The van der Waals surface area contributed by atoms with Crippen molar-refractivity contribution in [1.29, 1.82) is 0 Å². The summed E-state index contributed by atoms with van der Waals surface area (Å²) >= 11 is 0. The Balaban J connectivity index is 0.00000220. The summed E-state index contributed by atoms with van der Waals surface area (Å²) in [6.07, 6.45) is 0.592. The molecule has 0 aromatic heterocycles. The largest absolute Gasteiger partial charge is 0.495 e. The maximum Gasteiger partial charge on any atom is 0.273 e. The zero-order valence-electron chi connectivity index (χ0n) is 11.3. The lowest BCUT2D eigenvalue weighted by atomic mass is 10.3. The van der Waals surface area contributed by atoms with Crippen LogP contribution in [0.15, 0.2) is 23.1 Å². The van der Waals surface area contributed by atoms with Crippen molar-refractivity contribution in [1.82, 2.24) is 4.31 Å². The molecule has 2 rings (SSSR count). The number of methoxy groups -OCH3 is 1. The van der Waals surface area contributed by atoms with Gasteiger partial charge in [-0.15, -0.1) is 12.4 Å².